The first-order valence-electron chi connectivity index (χ1n) is 8.16. The fourth-order valence-corrected chi connectivity index (χ4v) is 4.41. The fraction of sp³-hybridized carbons (Fsp3) is 0.211. The lowest BCUT2D eigenvalue weighted by atomic mass is 10.2. The molecule has 0 saturated carbocycles. The van der Waals surface area contributed by atoms with E-state index in [9.17, 15) is 8.42 Å². The third-order valence-corrected chi connectivity index (χ3v) is 6.14. The number of sulfonamides is 1. The van der Waals surface area contributed by atoms with Crippen LogP contribution in [0.4, 0.5) is 0 Å². The van der Waals surface area contributed by atoms with Crippen molar-refractivity contribution in [3.8, 4) is 5.69 Å². The second-order valence-electron chi connectivity index (χ2n) is 6.16. The van der Waals surface area contributed by atoms with Gasteiger partial charge in [0.05, 0.1) is 16.4 Å². The molecule has 3 rings (SSSR count). The molecule has 1 heterocycles. The molecule has 0 radical (unpaired) electrons. The van der Waals surface area contributed by atoms with Crippen molar-refractivity contribution in [3.63, 3.8) is 0 Å². The molecule has 1 N–H and O–H groups in total. The largest absolute Gasteiger partial charge is 0.242 e. The van der Waals surface area contributed by atoms with Crippen molar-refractivity contribution in [2.45, 2.75) is 32.2 Å². The molecule has 0 fully saturated rings. The number of para-hydroxylation sites is 1. The van der Waals surface area contributed by atoms with Crippen LogP contribution in [0.15, 0.2) is 53.4 Å². The standard InChI is InChI=1S/C19H20ClN3O2S/c1-13-9-10-19(18(20)11-13)26(24,25)21-12-17-14(2)22-23(15(17)3)16-7-5-4-6-8-16/h4-11,21H,12H2,1-3H3. The van der Waals surface area contributed by atoms with Gasteiger partial charge >= 0.3 is 0 Å². The quantitative estimate of drug-likeness (QED) is 0.719. The van der Waals surface area contributed by atoms with Crippen LogP contribution in [0.5, 0.6) is 0 Å². The molecule has 0 spiro atoms. The number of aryl methyl sites for hydroxylation is 2. The monoisotopic (exact) mass is 389 g/mol. The van der Waals surface area contributed by atoms with E-state index in [2.05, 4.69) is 9.82 Å². The summed E-state index contributed by atoms with van der Waals surface area (Å²) in [7, 11) is -3.71. The van der Waals surface area contributed by atoms with Gasteiger partial charge in [0.15, 0.2) is 0 Å². The SMILES string of the molecule is Cc1ccc(S(=O)(=O)NCc2c(C)nn(-c3ccccc3)c2C)c(Cl)c1. The van der Waals surface area contributed by atoms with Gasteiger partial charge in [-0.2, -0.15) is 5.10 Å². The van der Waals surface area contributed by atoms with E-state index in [1.807, 2.05) is 55.8 Å². The Morgan fingerprint density at radius 1 is 1.08 bits per heavy atom. The number of hydrogen-bond acceptors (Lipinski definition) is 3. The third-order valence-electron chi connectivity index (χ3n) is 4.26. The summed E-state index contributed by atoms with van der Waals surface area (Å²) in [5.41, 5.74) is 4.37. The number of nitrogens with one attached hydrogen (secondary N) is 1. The van der Waals surface area contributed by atoms with Crippen LogP contribution in [0.25, 0.3) is 5.69 Å². The van der Waals surface area contributed by atoms with Gasteiger partial charge in [-0.15, -0.1) is 0 Å². The number of benzene rings is 2. The summed E-state index contributed by atoms with van der Waals surface area (Å²) in [6.45, 7) is 5.81. The molecule has 1 aromatic heterocycles. The van der Waals surface area contributed by atoms with Gasteiger partial charge in [-0.3, -0.25) is 0 Å². The van der Waals surface area contributed by atoms with Gasteiger partial charge in [0.2, 0.25) is 10.0 Å². The van der Waals surface area contributed by atoms with Crippen LogP contribution in [0.2, 0.25) is 5.02 Å². The summed E-state index contributed by atoms with van der Waals surface area (Å²) in [6, 6.07) is 14.6. The van der Waals surface area contributed by atoms with Gasteiger partial charge in [-0.25, -0.2) is 17.8 Å². The fourth-order valence-electron chi connectivity index (χ4n) is 2.82. The molecule has 0 atom stereocenters. The molecule has 0 aliphatic heterocycles. The Morgan fingerprint density at radius 2 is 1.77 bits per heavy atom. The predicted molar refractivity (Wildman–Crippen MR) is 103 cm³/mol. The summed E-state index contributed by atoms with van der Waals surface area (Å²) in [5.74, 6) is 0. The lowest BCUT2D eigenvalue weighted by Gasteiger charge is -2.10. The topological polar surface area (TPSA) is 64.0 Å². The van der Waals surface area contributed by atoms with E-state index in [4.69, 9.17) is 11.6 Å². The Balaban J connectivity index is 1.87. The van der Waals surface area contributed by atoms with Crippen LogP contribution in [0.1, 0.15) is 22.5 Å². The molecule has 0 unspecified atom stereocenters. The molecule has 2 aromatic carbocycles. The van der Waals surface area contributed by atoms with Crippen molar-refractivity contribution in [2.75, 3.05) is 0 Å². The highest BCUT2D eigenvalue weighted by Gasteiger charge is 2.20. The first-order chi connectivity index (χ1) is 12.3. The number of aromatic nitrogens is 2. The van der Waals surface area contributed by atoms with Gasteiger partial charge in [0.25, 0.3) is 0 Å². The molecule has 3 aromatic rings. The summed E-state index contributed by atoms with van der Waals surface area (Å²) >= 11 is 6.11. The van der Waals surface area contributed by atoms with Crippen molar-refractivity contribution in [1.82, 2.24) is 14.5 Å². The lowest BCUT2D eigenvalue weighted by Crippen LogP contribution is -2.24. The average molecular weight is 390 g/mol. The average Bonchev–Trinajstić information content (AvgIpc) is 2.88. The minimum Gasteiger partial charge on any atom is -0.238 e. The molecule has 0 saturated heterocycles. The van der Waals surface area contributed by atoms with Crippen LogP contribution in [0.3, 0.4) is 0 Å². The van der Waals surface area contributed by atoms with Gasteiger partial charge in [0.1, 0.15) is 4.90 Å². The van der Waals surface area contributed by atoms with Crippen molar-refractivity contribution >= 4 is 21.6 Å². The molecule has 0 aliphatic rings. The Bertz CT molecular complexity index is 1040. The minimum atomic E-state index is -3.71. The number of rotatable bonds is 5. The maximum atomic E-state index is 12.6. The highest BCUT2D eigenvalue weighted by molar-refractivity contribution is 7.89. The van der Waals surface area contributed by atoms with E-state index >= 15 is 0 Å². The molecule has 0 amide bonds. The Kier molecular flexibility index (Phi) is 5.18. The van der Waals surface area contributed by atoms with Crippen LogP contribution >= 0.6 is 11.6 Å². The van der Waals surface area contributed by atoms with Crippen LogP contribution in [0, 0.1) is 20.8 Å². The maximum absolute atomic E-state index is 12.6. The zero-order valence-corrected chi connectivity index (χ0v) is 16.4. The zero-order chi connectivity index (χ0) is 18.9. The minimum absolute atomic E-state index is 0.0792. The zero-order valence-electron chi connectivity index (χ0n) is 14.8. The van der Waals surface area contributed by atoms with Gasteiger partial charge in [-0.1, -0.05) is 35.9 Å². The second kappa shape index (κ2) is 7.23. The second-order valence-corrected chi connectivity index (χ2v) is 8.30. The van der Waals surface area contributed by atoms with E-state index in [1.54, 1.807) is 12.1 Å². The number of halogens is 1. The summed E-state index contributed by atoms with van der Waals surface area (Å²) in [5, 5.41) is 4.75. The predicted octanol–water partition coefficient (Wildman–Crippen LogP) is 3.93. The normalized spacial score (nSPS) is 11.7. The first kappa shape index (κ1) is 18.6. The summed E-state index contributed by atoms with van der Waals surface area (Å²) < 4.78 is 29.7. The van der Waals surface area contributed by atoms with Crippen LogP contribution in [-0.2, 0) is 16.6 Å². The molecule has 0 bridgehead atoms. The molecule has 7 heteroatoms. The van der Waals surface area contributed by atoms with Crippen molar-refractivity contribution in [3.05, 3.63) is 76.1 Å². The van der Waals surface area contributed by atoms with Crippen molar-refractivity contribution < 1.29 is 8.42 Å². The Morgan fingerprint density at radius 3 is 2.42 bits per heavy atom. The van der Waals surface area contributed by atoms with Gasteiger partial charge < -0.3 is 0 Å². The molecule has 5 nitrogen and oxygen atoms in total. The Labute approximate surface area is 158 Å². The third kappa shape index (κ3) is 3.67. The Hall–Kier alpha value is -2.15. The molecule has 0 aliphatic carbocycles. The van der Waals surface area contributed by atoms with Crippen molar-refractivity contribution in [1.29, 1.82) is 0 Å². The molecular formula is C19H20ClN3O2S. The van der Waals surface area contributed by atoms with E-state index in [0.717, 1.165) is 28.2 Å². The maximum Gasteiger partial charge on any atom is 0.242 e. The lowest BCUT2D eigenvalue weighted by molar-refractivity contribution is 0.581. The van der Waals surface area contributed by atoms with Crippen LogP contribution in [-0.4, -0.2) is 18.2 Å². The van der Waals surface area contributed by atoms with Crippen LogP contribution < -0.4 is 4.72 Å². The highest BCUT2D eigenvalue weighted by atomic mass is 35.5. The smallest absolute Gasteiger partial charge is 0.238 e. The van der Waals surface area contributed by atoms with E-state index in [1.165, 1.54) is 6.07 Å². The molecular weight excluding hydrogens is 370 g/mol. The van der Waals surface area contributed by atoms with E-state index in [-0.39, 0.29) is 16.5 Å². The number of hydrogen-bond donors (Lipinski definition) is 1. The van der Waals surface area contributed by atoms with Gasteiger partial charge in [0, 0.05) is 17.8 Å². The van der Waals surface area contributed by atoms with Crippen molar-refractivity contribution in [2.24, 2.45) is 0 Å². The molecule has 26 heavy (non-hydrogen) atoms. The first-order valence-corrected chi connectivity index (χ1v) is 10.0. The summed E-state index contributed by atoms with van der Waals surface area (Å²) in [4.78, 5) is 0.0792. The van der Waals surface area contributed by atoms with Gasteiger partial charge in [-0.05, 0) is 50.6 Å². The van der Waals surface area contributed by atoms with E-state index < -0.39 is 10.0 Å². The molecule has 136 valence electrons. The van der Waals surface area contributed by atoms with E-state index in [0.29, 0.717) is 0 Å². The number of nitrogens with zero attached hydrogens (tertiary/aromatic N) is 2. The highest BCUT2D eigenvalue weighted by Crippen LogP contribution is 2.23. The summed E-state index contributed by atoms with van der Waals surface area (Å²) in [6.07, 6.45) is 0.